The molecule has 1 atom stereocenters. The van der Waals surface area contributed by atoms with Gasteiger partial charge in [-0.1, -0.05) is 30.3 Å². The van der Waals surface area contributed by atoms with E-state index in [9.17, 15) is 13.2 Å². The van der Waals surface area contributed by atoms with Crippen LogP contribution in [-0.4, -0.2) is 47.9 Å². The summed E-state index contributed by atoms with van der Waals surface area (Å²) < 4.78 is 30.3. The van der Waals surface area contributed by atoms with Crippen LogP contribution in [0.5, 0.6) is 0 Å². The molecular weight excluding hydrogens is 370 g/mol. The molecule has 0 aliphatic rings. The van der Waals surface area contributed by atoms with Gasteiger partial charge in [0.2, 0.25) is 5.09 Å². The highest BCUT2D eigenvalue weighted by Gasteiger charge is 2.25. The Morgan fingerprint density at radius 2 is 2.04 bits per heavy atom. The second-order valence-corrected chi connectivity index (χ2v) is 8.10. The van der Waals surface area contributed by atoms with E-state index >= 15 is 0 Å². The third-order valence-electron chi connectivity index (χ3n) is 3.94. The minimum atomic E-state index is -3.75. The highest BCUT2D eigenvalue weighted by atomic mass is 32.2. The fraction of sp³-hybridized carbons (Fsp3) is 0.235. The lowest BCUT2D eigenvalue weighted by molar-refractivity contribution is 0.0935. The van der Waals surface area contributed by atoms with Crippen LogP contribution in [0.25, 0.3) is 0 Å². The minimum Gasteiger partial charge on any atom is -0.451 e. The van der Waals surface area contributed by atoms with E-state index in [1.165, 1.54) is 26.5 Å². The normalized spacial score (nSPS) is 12.9. The molecule has 2 N–H and O–H groups in total. The molecule has 9 nitrogen and oxygen atoms in total. The van der Waals surface area contributed by atoms with Crippen LogP contribution in [0.2, 0.25) is 0 Å². The van der Waals surface area contributed by atoms with Crippen LogP contribution in [0, 0.1) is 0 Å². The quantitative estimate of drug-likeness (QED) is 0.629. The molecule has 0 saturated heterocycles. The van der Waals surface area contributed by atoms with Gasteiger partial charge in [0, 0.05) is 26.6 Å². The number of rotatable bonds is 7. The van der Waals surface area contributed by atoms with Crippen LogP contribution >= 0.6 is 0 Å². The van der Waals surface area contributed by atoms with Gasteiger partial charge in [-0.2, -0.15) is 5.10 Å². The third-order valence-corrected chi connectivity index (χ3v) is 5.63. The van der Waals surface area contributed by atoms with Crippen molar-refractivity contribution >= 4 is 15.9 Å². The highest BCUT2D eigenvalue weighted by molar-refractivity contribution is 7.88. The summed E-state index contributed by atoms with van der Waals surface area (Å²) in [7, 11) is -0.969. The maximum atomic E-state index is 12.6. The molecule has 0 fully saturated rings. The average Bonchev–Trinajstić information content (AvgIpc) is 3.34. The van der Waals surface area contributed by atoms with E-state index < -0.39 is 15.9 Å². The Balaban J connectivity index is 1.82. The van der Waals surface area contributed by atoms with Crippen molar-refractivity contribution in [2.45, 2.75) is 17.6 Å². The lowest BCUT2D eigenvalue weighted by Crippen LogP contribution is -2.30. The van der Waals surface area contributed by atoms with Gasteiger partial charge >= 0.3 is 0 Å². The fourth-order valence-electron chi connectivity index (χ4n) is 2.45. The van der Waals surface area contributed by atoms with Crippen molar-refractivity contribution in [2.24, 2.45) is 0 Å². The largest absolute Gasteiger partial charge is 0.451 e. The van der Waals surface area contributed by atoms with Gasteiger partial charge in [-0.25, -0.2) is 17.7 Å². The van der Waals surface area contributed by atoms with Gasteiger partial charge < -0.3 is 9.73 Å². The maximum Gasteiger partial charge on any atom is 0.275 e. The molecule has 3 aromatic rings. The molecule has 0 bridgehead atoms. The Kier molecular flexibility index (Phi) is 5.38. The molecule has 2 heterocycles. The first-order valence-corrected chi connectivity index (χ1v) is 9.53. The Morgan fingerprint density at radius 1 is 1.30 bits per heavy atom. The number of carbonyl (C=O) groups is 1. The first-order valence-electron chi connectivity index (χ1n) is 8.09. The van der Waals surface area contributed by atoms with Crippen molar-refractivity contribution in [3.8, 4) is 0 Å². The van der Waals surface area contributed by atoms with Crippen LogP contribution < -0.4 is 5.32 Å². The monoisotopic (exact) mass is 389 g/mol. The molecule has 0 saturated carbocycles. The summed E-state index contributed by atoms with van der Waals surface area (Å²) in [5, 5.41) is 9.19. The van der Waals surface area contributed by atoms with E-state index in [-0.39, 0.29) is 16.7 Å². The second kappa shape index (κ2) is 7.72. The molecule has 1 aromatic carbocycles. The summed E-state index contributed by atoms with van der Waals surface area (Å²) in [5.74, 6) is 0.166. The number of hydrogen-bond acceptors (Lipinski definition) is 6. The lowest BCUT2D eigenvalue weighted by Gasteiger charge is -2.17. The Labute approximate surface area is 156 Å². The summed E-state index contributed by atoms with van der Waals surface area (Å²) in [6, 6.07) is 10.2. The fourth-order valence-corrected chi connectivity index (χ4v) is 3.26. The van der Waals surface area contributed by atoms with E-state index in [0.717, 1.165) is 16.1 Å². The van der Waals surface area contributed by atoms with Gasteiger partial charge in [0.25, 0.3) is 15.9 Å². The number of carbonyl (C=O) groups excluding carboxylic acids is 1. The van der Waals surface area contributed by atoms with E-state index in [4.69, 9.17) is 4.42 Å². The van der Waals surface area contributed by atoms with Gasteiger partial charge in [-0.15, -0.1) is 0 Å². The number of hydrogen-bond donors (Lipinski definition) is 2. The number of aromatic nitrogens is 3. The van der Waals surface area contributed by atoms with Crippen molar-refractivity contribution in [1.82, 2.24) is 24.8 Å². The zero-order valence-corrected chi connectivity index (χ0v) is 15.6. The Bertz CT molecular complexity index is 997. The zero-order valence-electron chi connectivity index (χ0n) is 14.8. The Morgan fingerprint density at radius 3 is 2.67 bits per heavy atom. The van der Waals surface area contributed by atoms with Crippen LogP contribution in [0.1, 0.15) is 27.8 Å². The average molecular weight is 389 g/mol. The standard InChI is InChI=1S/C17H19N5O4S/c1-22(2)27(24,25)16-8-13(10-26-16)17(23)20-14(9-15-18-11-19-21-15)12-6-4-3-5-7-12/h3-8,10-11,14H,9H2,1-2H3,(H,20,23)(H,18,19,21)/t14-/m1/s1. The van der Waals surface area contributed by atoms with Gasteiger partial charge in [0.05, 0.1) is 11.6 Å². The molecule has 0 unspecified atom stereocenters. The molecular formula is C17H19N5O4S. The van der Waals surface area contributed by atoms with E-state index in [1.54, 1.807) is 0 Å². The summed E-state index contributed by atoms with van der Waals surface area (Å²) >= 11 is 0. The summed E-state index contributed by atoms with van der Waals surface area (Å²) in [6.07, 6.45) is 2.92. The van der Waals surface area contributed by atoms with Crippen LogP contribution in [-0.2, 0) is 16.4 Å². The molecule has 0 radical (unpaired) electrons. The van der Waals surface area contributed by atoms with Crippen LogP contribution in [0.15, 0.2) is 58.5 Å². The van der Waals surface area contributed by atoms with Crippen molar-refractivity contribution < 1.29 is 17.6 Å². The van der Waals surface area contributed by atoms with Gasteiger partial charge in [0.1, 0.15) is 18.4 Å². The number of nitrogens with zero attached hydrogens (tertiary/aromatic N) is 3. The Hall–Kier alpha value is -2.98. The predicted octanol–water partition coefficient (Wildman–Crippen LogP) is 1.36. The summed E-state index contributed by atoms with van der Waals surface area (Å²) in [6.45, 7) is 0. The van der Waals surface area contributed by atoms with Crippen molar-refractivity contribution in [1.29, 1.82) is 0 Å². The first-order chi connectivity index (χ1) is 12.9. The zero-order chi connectivity index (χ0) is 19.4. The van der Waals surface area contributed by atoms with Crippen LogP contribution in [0.3, 0.4) is 0 Å². The number of aromatic amines is 1. The van der Waals surface area contributed by atoms with Crippen molar-refractivity contribution in [3.63, 3.8) is 0 Å². The summed E-state index contributed by atoms with van der Waals surface area (Å²) in [5.41, 5.74) is 1.00. The van der Waals surface area contributed by atoms with E-state index in [2.05, 4.69) is 20.5 Å². The molecule has 0 aliphatic heterocycles. The molecule has 10 heteroatoms. The number of sulfonamides is 1. The summed E-state index contributed by atoms with van der Waals surface area (Å²) in [4.78, 5) is 16.7. The molecule has 1 amide bonds. The number of H-pyrrole nitrogens is 1. The number of benzene rings is 1. The highest BCUT2D eigenvalue weighted by Crippen LogP contribution is 2.20. The predicted molar refractivity (Wildman–Crippen MR) is 96.3 cm³/mol. The maximum absolute atomic E-state index is 12.6. The van der Waals surface area contributed by atoms with Gasteiger partial charge in [-0.3, -0.25) is 9.89 Å². The number of amides is 1. The topological polar surface area (TPSA) is 121 Å². The second-order valence-electron chi connectivity index (χ2n) is 6.01. The molecule has 2 aromatic heterocycles. The van der Waals surface area contributed by atoms with Crippen LogP contribution in [0.4, 0.5) is 0 Å². The molecule has 27 heavy (non-hydrogen) atoms. The number of nitrogens with one attached hydrogen (secondary N) is 2. The molecule has 3 rings (SSSR count). The molecule has 0 aliphatic carbocycles. The van der Waals surface area contributed by atoms with Gasteiger partial charge in [-0.05, 0) is 5.56 Å². The third kappa shape index (κ3) is 4.23. The van der Waals surface area contributed by atoms with Crippen molar-refractivity contribution in [3.05, 3.63) is 65.9 Å². The van der Waals surface area contributed by atoms with E-state index in [0.29, 0.717) is 12.2 Å². The van der Waals surface area contributed by atoms with E-state index in [1.807, 2.05) is 30.3 Å². The van der Waals surface area contributed by atoms with Gasteiger partial charge in [0.15, 0.2) is 0 Å². The minimum absolute atomic E-state index is 0.119. The lowest BCUT2D eigenvalue weighted by atomic mass is 10.0. The van der Waals surface area contributed by atoms with Crippen molar-refractivity contribution in [2.75, 3.05) is 14.1 Å². The smallest absolute Gasteiger partial charge is 0.275 e. The molecule has 0 spiro atoms. The first kappa shape index (κ1) is 18.8. The number of furan rings is 1. The molecule has 142 valence electrons. The SMILES string of the molecule is CN(C)S(=O)(=O)c1cc(C(=O)N[C@H](Cc2ncn[nH]2)c2ccccc2)co1.